The standard InChI is InChI=1S/C15H15ClN2O3/c1-3-21-14-11(16)8-10(9-12(14)20-2)15(19)18-13-6-4-5-7-17-13/h4-9H,3H2,1-2H3,(H,17,18,19). The highest BCUT2D eigenvalue weighted by atomic mass is 35.5. The second-order valence-corrected chi connectivity index (χ2v) is 4.50. The molecule has 0 saturated carbocycles. The van der Waals surface area contributed by atoms with Crippen LogP contribution >= 0.6 is 11.6 Å². The zero-order valence-electron chi connectivity index (χ0n) is 11.7. The summed E-state index contributed by atoms with van der Waals surface area (Å²) in [6.07, 6.45) is 1.60. The van der Waals surface area contributed by atoms with Gasteiger partial charge in [0.05, 0.1) is 18.7 Å². The molecule has 0 bridgehead atoms. The summed E-state index contributed by atoms with van der Waals surface area (Å²) >= 11 is 6.14. The second-order valence-electron chi connectivity index (χ2n) is 4.09. The van der Waals surface area contributed by atoms with E-state index in [0.29, 0.717) is 34.5 Å². The molecule has 110 valence electrons. The van der Waals surface area contributed by atoms with Crippen LogP contribution in [-0.4, -0.2) is 24.6 Å². The first-order valence-corrected chi connectivity index (χ1v) is 6.76. The molecular weight excluding hydrogens is 292 g/mol. The SMILES string of the molecule is CCOc1c(Cl)cc(C(=O)Nc2ccccn2)cc1OC. The van der Waals surface area contributed by atoms with Gasteiger partial charge in [-0.2, -0.15) is 0 Å². The third-order valence-corrected chi connectivity index (χ3v) is 2.97. The number of carbonyl (C=O) groups is 1. The molecule has 1 aromatic heterocycles. The number of nitrogens with zero attached hydrogens (tertiary/aromatic N) is 1. The number of nitrogens with one attached hydrogen (secondary N) is 1. The van der Waals surface area contributed by atoms with Crippen LogP contribution < -0.4 is 14.8 Å². The van der Waals surface area contributed by atoms with Gasteiger partial charge >= 0.3 is 0 Å². The number of ether oxygens (including phenoxy) is 2. The topological polar surface area (TPSA) is 60.5 Å². The minimum Gasteiger partial charge on any atom is -0.493 e. The molecule has 0 aliphatic heterocycles. The molecule has 6 heteroatoms. The van der Waals surface area contributed by atoms with Gasteiger partial charge in [0.2, 0.25) is 0 Å². The van der Waals surface area contributed by atoms with Crippen LogP contribution in [0.1, 0.15) is 17.3 Å². The van der Waals surface area contributed by atoms with Crippen molar-refractivity contribution in [3.05, 3.63) is 47.1 Å². The number of anilines is 1. The van der Waals surface area contributed by atoms with Crippen LogP contribution in [0.25, 0.3) is 0 Å². The molecule has 2 aromatic rings. The first kappa shape index (κ1) is 15.1. The molecule has 0 aliphatic rings. The molecule has 0 saturated heterocycles. The summed E-state index contributed by atoms with van der Waals surface area (Å²) in [5.41, 5.74) is 0.367. The highest BCUT2D eigenvalue weighted by molar-refractivity contribution is 6.32. The maximum Gasteiger partial charge on any atom is 0.257 e. The van der Waals surface area contributed by atoms with Crippen molar-refractivity contribution in [1.29, 1.82) is 0 Å². The molecule has 0 spiro atoms. The van der Waals surface area contributed by atoms with Crippen LogP contribution in [0.4, 0.5) is 5.82 Å². The zero-order valence-corrected chi connectivity index (χ0v) is 12.5. The lowest BCUT2D eigenvalue weighted by molar-refractivity contribution is 0.102. The zero-order chi connectivity index (χ0) is 15.2. The van der Waals surface area contributed by atoms with Crippen molar-refractivity contribution in [2.45, 2.75) is 6.92 Å². The Morgan fingerprint density at radius 2 is 2.19 bits per heavy atom. The molecule has 1 amide bonds. The molecular formula is C15H15ClN2O3. The number of methoxy groups -OCH3 is 1. The van der Waals surface area contributed by atoms with Crippen molar-refractivity contribution in [3.63, 3.8) is 0 Å². The molecule has 0 unspecified atom stereocenters. The minimum atomic E-state index is -0.322. The summed E-state index contributed by atoms with van der Waals surface area (Å²) in [6, 6.07) is 8.37. The Labute approximate surface area is 127 Å². The number of hydrogen-bond acceptors (Lipinski definition) is 4. The van der Waals surface area contributed by atoms with Gasteiger partial charge in [-0.05, 0) is 31.2 Å². The van der Waals surface area contributed by atoms with Gasteiger partial charge in [0.25, 0.3) is 5.91 Å². The fourth-order valence-electron chi connectivity index (χ4n) is 1.76. The predicted octanol–water partition coefficient (Wildman–Crippen LogP) is 3.39. The molecule has 0 fully saturated rings. The van der Waals surface area contributed by atoms with E-state index in [1.54, 1.807) is 30.5 Å². The number of benzene rings is 1. The summed E-state index contributed by atoms with van der Waals surface area (Å²) in [4.78, 5) is 16.2. The molecule has 0 radical (unpaired) electrons. The van der Waals surface area contributed by atoms with Gasteiger partial charge < -0.3 is 14.8 Å². The van der Waals surface area contributed by atoms with Gasteiger partial charge in [0.15, 0.2) is 11.5 Å². The van der Waals surface area contributed by atoms with Gasteiger partial charge in [0.1, 0.15) is 5.82 Å². The summed E-state index contributed by atoms with van der Waals surface area (Å²) in [5, 5.41) is 3.00. The summed E-state index contributed by atoms with van der Waals surface area (Å²) in [7, 11) is 1.49. The van der Waals surface area contributed by atoms with Gasteiger partial charge in [-0.25, -0.2) is 4.98 Å². The van der Waals surface area contributed by atoms with Gasteiger partial charge in [-0.3, -0.25) is 4.79 Å². The number of halogens is 1. The summed E-state index contributed by atoms with van der Waals surface area (Å²) in [6.45, 7) is 2.30. The Morgan fingerprint density at radius 1 is 1.38 bits per heavy atom. The number of hydrogen-bond donors (Lipinski definition) is 1. The molecule has 21 heavy (non-hydrogen) atoms. The number of pyridine rings is 1. The third-order valence-electron chi connectivity index (χ3n) is 2.69. The molecule has 1 N–H and O–H groups in total. The third kappa shape index (κ3) is 3.64. The van der Waals surface area contributed by atoms with Crippen molar-refractivity contribution in [2.24, 2.45) is 0 Å². The second kappa shape index (κ2) is 6.95. The lowest BCUT2D eigenvalue weighted by Crippen LogP contribution is -2.13. The first-order chi connectivity index (χ1) is 10.2. The Kier molecular flexibility index (Phi) is 5.00. The van der Waals surface area contributed by atoms with Crippen LogP contribution in [0.2, 0.25) is 5.02 Å². The van der Waals surface area contributed by atoms with E-state index < -0.39 is 0 Å². The molecule has 0 atom stereocenters. The van der Waals surface area contributed by atoms with Crippen LogP contribution in [-0.2, 0) is 0 Å². The molecule has 2 rings (SSSR count). The van der Waals surface area contributed by atoms with Gasteiger partial charge in [-0.15, -0.1) is 0 Å². The Hall–Kier alpha value is -2.27. The van der Waals surface area contributed by atoms with Crippen LogP contribution in [0.3, 0.4) is 0 Å². The average molecular weight is 307 g/mol. The van der Waals surface area contributed by atoms with Crippen molar-refractivity contribution in [3.8, 4) is 11.5 Å². The van der Waals surface area contributed by atoms with Crippen molar-refractivity contribution in [2.75, 3.05) is 19.0 Å². The maximum absolute atomic E-state index is 12.2. The van der Waals surface area contributed by atoms with Crippen LogP contribution in [0.5, 0.6) is 11.5 Å². The monoisotopic (exact) mass is 306 g/mol. The Bertz CT molecular complexity index is 632. The van der Waals surface area contributed by atoms with Crippen LogP contribution in [0.15, 0.2) is 36.5 Å². The summed E-state index contributed by atoms with van der Waals surface area (Å²) < 4.78 is 10.6. The van der Waals surface area contributed by atoms with Gasteiger partial charge in [-0.1, -0.05) is 17.7 Å². The lowest BCUT2D eigenvalue weighted by Gasteiger charge is -2.13. The molecule has 5 nitrogen and oxygen atoms in total. The van der Waals surface area contributed by atoms with Crippen molar-refractivity contribution in [1.82, 2.24) is 4.98 Å². The number of amides is 1. The van der Waals surface area contributed by atoms with Crippen molar-refractivity contribution < 1.29 is 14.3 Å². The van der Waals surface area contributed by atoms with E-state index in [1.165, 1.54) is 13.2 Å². The minimum absolute atomic E-state index is 0.322. The number of aromatic nitrogens is 1. The molecule has 0 aliphatic carbocycles. The normalized spacial score (nSPS) is 10.0. The largest absolute Gasteiger partial charge is 0.493 e. The molecule has 1 heterocycles. The van der Waals surface area contributed by atoms with E-state index in [9.17, 15) is 4.79 Å². The Morgan fingerprint density at radius 3 is 2.81 bits per heavy atom. The van der Waals surface area contributed by atoms with E-state index >= 15 is 0 Å². The lowest BCUT2D eigenvalue weighted by atomic mass is 10.2. The highest BCUT2D eigenvalue weighted by Crippen LogP contribution is 2.36. The van der Waals surface area contributed by atoms with Crippen LogP contribution in [0, 0.1) is 0 Å². The predicted molar refractivity (Wildman–Crippen MR) is 81.4 cm³/mol. The summed E-state index contributed by atoms with van der Waals surface area (Å²) in [5.74, 6) is 0.981. The fraction of sp³-hybridized carbons (Fsp3) is 0.200. The quantitative estimate of drug-likeness (QED) is 0.919. The fourth-order valence-corrected chi connectivity index (χ4v) is 2.03. The number of carbonyl (C=O) groups excluding carboxylic acids is 1. The Balaban J connectivity index is 2.27. The van der Waals surface area contributed by atoms with E-state index in [0.717, 1.165) is 0 Å². The van der Waals surface area contributed by atoms with E-state index in [4.69, 9.17) is 21.1 Å². The van der Waals surface area contributed by atoms with E-state index in [-0.39, 0.29) is 5.91 Å². The molecule has 1 aromatic carbocycles. The van der Waals surface area contributed by atoms with E-state index in [1.807, 2.05) is 6.92 Å². The maximum atomic E-state index is 12.2. The number of rotatable bonds is 5. The highest BCUT2D eigenvalue weighted by Gasteiger charge is 2.16. The van der Waals surface area contributed by atoms with Gasteiger partial charge in [0, 0.05) is 11.8 Å². The smallest absolute Gasteiger partial charge is 0.257 e. The van der Waals surface area contributed by atoms with E-state index in [2.05, 4.69) is 10.3 Å². The average Bonchev–Trinajstić information content (AvgIpc) is 2.50. The first-order valence-electron chi connectivity index (χ1n) is 6.38. The van der Waals surface area contributed by atoms with Crippen molar-refractivity contribution >= 4 is 23.3 Å².